The summed E-state index contributed by atoms with van der Waals surface area (Å²) in [7, 11) is 0. The number of ketones is 1. The monoisotopic (exact) mass is 226 g/mol. The van der Waals surface area contributed by atoms with Gasteiger partial charge in [0.05, 0.1) is 11.1 Å². The molecule has 0 spiro atoms. The average molecular weight is 226 g/mol. The number of rotatable bonds is 3. The second-order valence-electron chi connectivity index (χ2n) is 4.41. The van der Waals surface area contributed by atoms with E-state index < -0.39 is 5.41 Å². The molecule has 17 heavy (non-hydrogen) atoms. The summed E-state index contributed by atoms with van der Waals surface area (Å²) in [6.07, 6.45) is 4.85. The Balaban J connectivity index is 2.37. The van der Waals surface area contributed by atoms with Gasteiger partial charge in [0.25, 0.3) is 0 Å². The van der Waals surface area contributed by atoms with Gasteiger partial charge in [0, 0.05) is 24.2 Å². The van der Waals surface area contributed by atoms with E-state index in [2.05, 4.69) is 9.97 Å². The summed E-state index contributed by atoms with van der Waals surface area (Å²) in [4.78, 5) is 20.6. The van der Waals surface area contributed by atoms with E-state index in [1.165, 1.54) is 0 Å². The maximum Gasteiger partial charge on any atom is 0.174 e. The van der Waals surface area contributed by atoms with Gasteiger partial charge in [0.15, 0.2) is 5.78 Å². The second-order valence-corrected chi connectivity index (χ2v) is 4.41. The smallest absolute Gasteiger partial charge is 0.174 e. The zero-order valence-corrected chi connectivity index (χ0v) is 9.92. The van der Waals surface area contributed by atoms with E-state index in [0.717, 1.165) is 0 Å². The van der Waals surface area contributed by atoms with E-state index in [9.17, 15) is 4.79 Å². The minimum absolute atomic E-state index is 0.0543. The lowest BCUT2D eigenvalue weighted by molar-refractivity contribution is 0.0905. The highest BCUT2D eigenvalue weighted by atomic mass is 16.1. The topological polar surface area (TPSA) is 42.9 Å². The molecule has 0 fully saturated rings. The van der Waals surface area contributed by atoms with Gasteiger partial charge in [-0.05, 0) is 13.8 Å². The van der Waals surface area contributed by atoms with Crippen LogP contribution in [0, 0.1) is 0 Å². The molecule has 0 atom stereocenters. The molecule has 0 aliphatic heterocycles. The van der Waals surface area contributed by atoms with Crippen LogP contribution in [0.4, 0.5) is 0 Å². The van der Waals surface area contributed by atoms with Gasteiger partial charge in [-0.25, -0.2) is 0 Å². The van der Waals surface area contributed by atoms with Crippen molar-refractivity contribution in [2.75, 3.05) is 0 Å². The number of hydrogen-bond acceptors (Lipinski definition) is 3. The summed E-state index contributed by atoms with van der Waals surface area (Å²) < 4.78 is 0. The van der Waals surface area contributed by atoms with E-state index in [1.807, 2.05) is 44.2 Å². The summed E-state index contributed by atoms with van der Waals surface area (Å²) in [5.41, 5.74) is 0.729. The standard InChI is InChI=1S/C14H14N2O/c1-14(2,12-10-15-8-9-16-12)13(17)11-6-4-3-5-7-11/h3-10H,1-2H3. The lowest BCUT2D eigenvalue weighted by atomic mass is 9.81. The van der Waals surface area contributed by atoms with Crippen molar-refractivity contribution in [1.29, 1.82) is 0 Å². The highest BCUT2D eigenvalue weighted by molar-refractivity contribution is 6.03. The first kappa shape index (κ1) is 11.5. The SMILES string of the molecule is CC(C)(C(=O)c1ccccc1)c1cnccn1. The molecule has 3 heteroatoms. The maximum atomic E-state index is 12.4. The number of hydrogen-bond donors (Lipinski definition) is 0. The molecule has 3 nitrogen and oxygen atoms in total. The van der Waals surface area contributed by atoms with Crippen molar-refractivity contribution in [2.45, 2.75) is 19.3 Å². The Hall–Kier alpha value is -2.03. The van der Waals surface area contributed by atoms with E-state index in [-0.39, 0.29) is 5.78 Å². The van der Waals surface area contributed by atoms with Crippen LogP contribution in [0.5, 0.6) is 0 Å². The number of nitrogens with zero attached hydrogens (tertiary/aromatic N) is 2. The molecule has 0 aliphatic carbocycles. The van der Waals surface area contributed by atoms with Gasteiger partial charge in [-0.15, -0.1) is 0 Å². The van der Waals surface area contributed by atoms with Crippen molar-refractivity contribution in [2.24, 2.45) is 0 Å². The molecule has 0 saturated carbocycles. The van der Waals surface area contributed by atoms with Crippen LogP contribution < -0.4 is 0 Å². The van der Waals surface area contributed by atoms with Crippen LogP contribution in [-0.4, -0.2) is 15.8 Å². The zero-order chi connectivity index (χ0) is 12.3. The van der Waals surface area contributed by atoms with Crippen LogP contribution in [0.3, 0.4) is 0 Å². The summed E-state index contributed by atoms with van der Waals surface area (Å²) in [6.45, 7) is 3.73. The first-order valence-electron chi connectivity index (χ1n) is 5.49. The first-order valence-corrected chi connectivity index (χ1v) is 5.49. The van der Waals surface area contributed by atoms with Crippen LogP contribution in [0.15, 0.2) is 48.9 Å². The maximum absolute atomic E-state index is 12.4. The normalized spacial score (nSPS) is 11.2. The molecule has 0 radical (unpaired) electrons. The van der Waals surface area contributed by atoms with Crippen LogP contribution in [0.25, 0.3) is 0 Å². The van der Waals surface area contributed by atoms with E-state index in [4.69, 9.17) is 0 Å². The minimum Gasteiger partial charge on any atom is -0.293 e. The van der Waals surface area contributed by atoms with Crippen molar-refractivity contribution in [1.82, 2.24) is 9.97 Å². The predicted molar refractivity (Wildman–Crippen MR) is 65.8 cm³/mol. The fraction of sp³-hybridized carbons (Fsp3) is 0.214. The van der Waals surface area contributed by atoms with Crippen LogP contribution in [0.1, 0.15) is 29.9 Å². The average Bonchev–Trinajstić information content (AvgIpc) is 2.40. The fourth-order valence-electron chi connectivity index (χ4n) is 1.69. The summed E-state index contributed by atoms with van der Waals surface area (Å²) in [5, 5.41) is 0. The highest BCUT2D eigenvalue weighted by Crippen LogP contribution is 2.25. The molecule has 1 aromatic heterocycles. The third kappa shape index (κ3) is 2.23. The molecule has 0 aliphatic rings. The number of carbonyl (C=O) groups excluding carboxylic acids is 1. The Morgan fingerprint density at radius 3 is 2.41 bits per heavy atom. The van der Waals surface area contributed by atoms with Crippen molar-refractivity contribution in [3.63, 3.8) is 0 Å². The van der Waals surface area contributed by atoms with Crippen LogP contribution in [0.2, 0.25) is 0 Å². The third-order valence-electron chi connectivity index (χ3n) is 2.81. The highest BCUT2D eigenvalue weighted by Gasteiger charge is 2.31. The van der Waals surface area contributed by atoms with Crippen LogP contribution >= 0.6 is 0 Å². The molecule has 0 N–H and O–H groups in total. The number of aromatic nitrogens is 2. The summed E-state index contributed by atoms with van der Waals surface area (Å²) in [5.74, 6) is 0.0543. The van der Waals surface area contributed by atoms with E-state index in [0.29, 0.717) is 11.3 Å². The molecule has 2 aromatic rings. The van der Waals surface area contributed by atoms with Crippen molar-refractivity contribution < 1.29 is 4.79 Å². The van der Waals surface area contributed by atoms with Crippen LogP contribution in [-0.2, 0) is 5.41 Å². The quantitative estimate of drug-likeness (QED) is 0.755. The van der Waals surface area contributed by atoms with Gasteiger partial charge in [-0.3, -0.25) is 14.8 Å². The largest absolute Gasteiger partial charge is 0.293 e. The molecule has 1 heterocycles. The fourth-order valence-corrected chi connectivity index (χ4v) is 1.69. The lowest BCUT2D eigenvalue weighted by Gasteiger charge is -2.21. The lowest BCUT2D eigenvalue weighted by Crippen LogP contribution is -2.30. The Morgan fingerprint density at radius 2 is 1.82 bits per heavy atom. The number of benzene rings is 1. The van der Waals surface area contributed by atoms with Gasteiger partial charge in [0.1, 0.15) is 0 Å². The Labute approximate surface area is 101 Å². The third-order valence-corrected chi connectivity index (χ3v) is 2.81. The molecular weight excluding hydrogens is 212 g/mol. The molecule has 0 amide bonds. The molecule has 0 saturated heterocycles. The molecule has 0 bridgehead atoms. The van der Waals surface area contributed by atoms with Gasteiger partial charge >= 0.3 is 0 Å². The Bertz CT molecular complexity index is 506. The van der Waals surface area contributed by atoms with E-state index >= 15 is 0 Å². The molecular formula is C14H14N2O. The van der Waals surface area contributed by atoms with Gasteiger partial charge in [0.2, 0.25) is 0 Å². The predicted octanol–water partition coefficient (Wildman–Crippen LogP) is 2.64. The Kier molecular flexibility index (Phi) is 3.00. The second kappa shape index (κ2) is 4.45. The van der Waals surface area contributed by atoms with E-state index in [1.54, 1.807) is 18.6 Å². The zero-order valence-electron chi connectivity index (χ0n) is 9.92. The molecule has 2 rings (SSSR count). The van der Waals surface area contributed by atoms with Crippen molar-refractivity contribution in [3.05, 3.63) is 60.2 Å². The minimum atomic E-state index is -0.657. The summed E-state index contributed by atoms with van der Waals surface area (Å²) >= 11 is 0. The van der Waals surface area contributed by atoms with Crippen molar-refractivity contribution >= 4 is 5.78 Å². The Morgan fingerprint density at radius 1 is 1.12 bits per heavy atom. The van der Waals surface area contributed by atoms with Crippen molar-refractivity contribution in [3.8, 4) is 0 Å². The molecule has 0 unspecified atom stereocenters. The van der Waals surface area contributed by atoms with Gasteiger partial charge in [-0.1, -0.05) is 30.3 Å². The number of Topliss-reactive ketones (excluding diaryl/α,β-unsaturated/α-hetero) is 1. The number of carbonyl (C=O) groups is 1. The van der Waals surface area contributed by atoms with Gasteiger partial charge < -0.3 is 0 Å². The molecule has 86 valence electrons. The summed E-state index contributed by atoms with van der Waals surface area (Å²) in [6, 6.07) is 9.26. The molecule has 1 aromatic carbocycles. The first-order chi connectivity index (χ1) is 8.12. The van der Waals surface area contributed by atoms with Gasteiger partial charge in [-0.2, -0.15) is 0 Å².